The number of hydrogen-bond acceptors (Lipinski definition) is 5. The predicted molar refractivity (Wildman–Crippen MR) is 96.5 cm³/mol. The van der Waals surface area contributed by atoms with Gasteiger partial charge in [0.15, 0.2) is 0 Å². The molecule has 6 heteroatoms. The summed E-state index contributed by atoms with van der Waals surface area (Å²) >= 11 is 0. The standard InChI is InChI=1S/C20H27NO5/c1-6-25-18(23)16-12-15(11-14-9-7-13(2)8-10-14)17(22)21(16)19(24)26-20(3,4)5/h7-10,15-16H,6,11-12H2,1-5H3/t15-,16-/m0/s1. The molecule has 0 saturated carbocycles. The van der Waals surface area contributed by atoms with Crippen molar-refractivity contribution in [2.45, 2.75) is 59.1 Å². The maximum atomic E-state index is 12.8. The summed E-state index contributed by atoms with van der Waals surface area (Å²) in [4.78, 5) is 38.6. The van der Waals surface area contributed by atoms with Crippen molar-refractivity contribution in [1.29, 1.82) is 0 Å². The Kier molecular flexibility index (Phi) is 6.05. The molecule has 26 heavy (non-hydrogen) atoms. The van der Waals surface area contributed by atoms with Gasteiger partial charge in [-0.15, -0.1) is 0 Å². The van der Waals surface area contributed by atoms with Gasteiger partial charge >= 0.3 is 12.1 Å². The highest BCUT2D eigenvalue weighted by Gasteiger charge is 2.48. The monoisotopic (exact) mass is 361 g/mol. The largest absolute Gasteiger partial charge is 0.464 e. The molecule has 0 radical (unpaired) electrons. The summed E-state index contributed by atoms with van der Waals surface area (Å²) in [5, 5.41) is 0. The van der Waals surface area contributed by atoms with Crippen LogP contribution in [0.15, 0.2) is 24.3 Å². The van der Waals surface area contributed by atoms with E-state index in [2.05, 4.69) is 0 Å². The predicted octanol–water partition coefficient (Wildman–Crippen LogP) is 3.25. The number of hydrogen-bond donors (Lipinski definition) is 0. The second kappa shape index (κ2) is 7.89. The van der Waals surface area contributed by atoms with E-state index in [4.69, 9.17) is 9.47 Å². The van der Waals surface area contributed by atoms with E-state index in [1.807, 2.05) is 31.2 Å². The van der Waals surface area contributed by atoms with Crippen molar-refractivity contribution in [2.24, 2.45) is 5.92 Å². The summed E-state index contributed by atoms with van der Waals surface area (Å²) in [5.41, 5.74) is 1.36. The number of benzene rings is 1. The Morgan fingerprint density at radius 3 is 2.35 bits per heavy atom. The van der Waals surface area contributed by atoms with Crippen LogP contribution in [0, 0.1) is 12.8 Å². The lowest BCUT2D eigenvalue weighted by Crippen LogP contribution is -2.46. The molecule has 0 N–H and O–H groups in total. The van der Waals surface area contributed by atoms with Gasteiger partial charge in [0.1, 0.15) is 11.6 Å². The number of likely N-dealkylation sites (tertiary alicyclic amines) is 1. The smallest absolute Gasteiger partial charge is 0.417 e. The molecule has 1 aromatic rings. The molecule has 2 atom stereocenters. The van der Waals surface area contributed by atoms with Gasteiger partial charge in [-0.25, -0.2) is 14.5 Å². The summed E-state index contributed by atoms with van der Waals surface area (Å²) in [6, 6.07) is 6.93. The number of aryl methyl sites for hydroxylation is 1. The molecule has 6 nitrogen and oxygen atoms in total. The number of esters is 1. The van der Waals surface area contributed by atoms with E-state index >= 15 is 0 Å². The molecular formula is C20H27NO5. The Morgan fingerprint density at radius 1 is 1.19 bits per heavy atom. The minimum absolute atomic E-state index is 0.189. The van der Waals surface area contributed by atoms with Crippen LogP contribution in [-0.4, -0.2) is 41.1 Å². The molecule has 0 aliphatic carbocycles. The van der Waals surface area contributed by atoms with Gasteiger partial charge in [-0.05, 0) is 53.0 Å². The zero-order valence-corrected chi connectivity index (χ0v) is 16.1. The lowest BCUT2D eigenvalue weighted by Gasteiger charge is -2.26. The van der Waals surface area contributed by atoms with Crippen molar-refractivity contribution in [1.82, 2.24) is 4.90 Å². The molecule has 0 spiro atoms. The Balaban J connectivity index is 2.22. The quantitative estimate of drug-likeness (QED) is 0.770. The van der Waals surface area contributed by atoms with E-state index in [1.54, 1.807) is 27.7 Å². The number of carbonyl (C=O) groups is 3. The summed E-state index contributed by atoms with van der Waals surface area (Å²) < 4.78 is 10.4. The van der Waals surface area contributed by atoms with E-state index in [0.717, 1.165) is 16.0 Å². The van der Waals surface area contributed by atoms with Crippen LogP contribution < -0.4 is 0 Å². The van der Waals surface area contributed by atoms with Crippen molar-refractivity contribution in [3.63, 3.8) is 0 Å². The van der Waals surface area contributed by atoms with Crippen LogP contribution in [0.5, 0.6) is 0 Å². The van der Waals surface area contributed by atoms with Crippen molar-refractivity contribution >= 4 is 18.0 Å². The third kappa shape index (κ3) is 4.84. The number of ether oxygens (including phenoxy) is 2. The van der Waals surface area contributed by atoms with E-state index in [1.165, 1.54) is 0 Å². The summed E-state index contributed by atoms with van der Waals surface area (Å²) in [6.07, 6.45) is -0.0917. The summed E-state index contributed by atoms with van der Waals surface area (Å²) in [5.74, 6) is -1.42. The number of imide groups is 1. The van der Waals surface area contributed by atoms with Crippen molar-refractivity contribution < 1.29 is 23.9 Å². The van der Waals surface area contributed by atoms with E-state index < -0.39 is 35.5 Å². The third-order valence-corrected chi connectivity index (χ3v) is 4.16. The Hall–Kier alpha value is -2.37. The number of amides is 2. The van der Waals surface area contributed by atoms with Gasteiger partial charge in [0.2, 0.25) is 5.91 Å². The average Bonchev–Trinajstić information content (AvgIpc) is 2.85. The fourth-order valence-corrected chi connectivity index (χ4v) is 2.97. The number of carbonyl (C=O) groups excluding carboxylic acids is 3. The second-order valence-corrected chi connectivity index (χ2v) is 7.58. The van der Waals surface area contributed by atoms with Crippen LogP contribution in [0.3, 0.4) is 0 Å². The van der Waals surface area contributed by atoms with Gasteiger partial charge in [0.25, 0.3) is 0 Å². The highest BCUT2D eigenvalue weighted by Crippen LogP contribution is 2.30. The van der Waals surface area contributed by atoms with E-state index in [9.17, 15) is 14.4 Å². The molecule has 2 amide bonds. The van der Waals surface area contributed by atoms with Gasteiger partial charge < -0.3 is 9.47 Å². The second-order valence-electron chi connectivity index (χ2n) is 7.58. The summed E-state index contributed by atoms with van der Waals surface area (Å²) in [6.45, 7) is 9.02. The van der Waals surface area contributed by atoms with Crippen LogP contribution in [0.25, 0.3) is 0 Å². The van der Waals surface area contributed by atoms with Crippen LogP contribution >= 0.6 is 0 Å². The highest BCUT2D eigenvalue weighted by molar-refractivity contribution is 6.00. The van der Waals surface area contributed by atoms with Gasteiger partial charge in [0, 0.05) is 5.92 Å². The molecular weight excluding hydrogens is 334 g/mol. The number of rotatable bonds is 4. The Morgan fingerprint density at radius 2 is 1.81 bits per heavy atom. The summed E-state index contributed by atoms with van der Waals surface area (Å²) in [7, 11) is 0. The van der Waals surface area contributed by atoms with Crippen LogP contribution in [0.1, 0.15) is 45.2 Å². The first-order valence-electron chi connectivity index (χ1n) is 8.90. The normalized spacial score (nSPS) is 20.2. The van der Waals surface area contributed by atoms with Crippen molar-refractivity contribution in [2.75, 3.05) is 6.61 Å². The molecule has 1 fully saturated rings. The SMILES string of the molecule is CCOC(=O)[C@@H]1C[C@H](Cc2ccc(C)cc2)C(=O)N1C(=O)OC(C)(C)C. The minimum Gasteiger partial charge on any atom is -0.464 e. The topological polar surface area (TPSA) is 72.9 Å². The Labute approximate surface area is 154 Å². The van der Waals surface area contributed by atoms with Crippen molar-refractivity contribution in [3.05, 3.63) is 35.4 Å². The maximum absolute atomic E-state index is 12.8. The van der Waals surface area contributed by atoms with Gasteiger partial charge in [0.05, 0.1) is 6.61 Å². The first kappa shape index (κ1) is 19.9. The van der Waals surface area contributed by atoms with E-state index in [-0.39, 0.29) is 13.0 Å². The molecule has 0 bridgehead atoms. The zero-order chi connectivity index (χ0) is 19.5. The first-order chi connectivity index (χ1) is 12.1. The highest BCUT2D eigenvalue weighted by atomic mass is 16.6. The molecule has 0 unspecified atom stereocenters. The molecule has 1 heterocycles. The van der Waals surface area contributed by atoms with Gasteiger partial charge in [-0.1, -0.05) is 29.8 Å². The van der Waals surface area contributed by atoms with Gasteiger partial charge in [-0.3, -0.25) is 4.79 Å². The van der Waals surface area contributed by atoms with Crippen LogP contribution in [0.4, 0.5) is 4.79 Å². The van der Waals surface area contributed by atoms with Crippen LogP contribution in [-0.2, 0) is 25.5 Å². The fourth-order valence-electron chi connectivity index (χ4n) is 2.97. The lowest BCUT2D eigenvalue weighted by molar-refractivity contribution is -0.151. The lowest BCUT2D eigenvalue weighted by atomic mass is 9.96. The molecule has 1 saturated heterocycles. The molecule has 142 valence electrons. The molecule has 1 aliphatic heterocycles. The van der Waals surface area contributed by atoms with Gasteiger partial charge in [-0.2, -0.15) is 0 Å². The fraction of sp³-hybridized carbons (Fsp3) is 0.550. The number of nitrogens with zero attached hydrogens (tertiary/aromatic N) is 1. The molecule has 0 aromatic heterocycles. The maximum Gasteiger partial charge on any atom is 0.417 e. The molecule has 2 rings (SSSR count). The zero-order valence-electron chi connectivity index (χ0n) is 16.1. The average molecular weight is 361 g/mol. The van der Waals surface area contributed by atoms with Crippen molar-refractivity contribution in [3.8, 4) is 0 Å². The molecule has 1 aromatic carbocycles. The minimum atomic E-state index is -0.937. The molecule has 1 aliphatic rings. The van der Waals surface area contributed by atoms with E-state index in [0.29, 0.717) is 6.42 Å². The third-order valence-electron chi connectivity index (χ3n) is 4.16. The van der Waals surface area contributed by atoms with Crippen LogP contribution in [0.2, 0.25) is 0 Å². The Bertz CT molecular complexity index is 674. The first-order valence-corrected chi connectivity index (χ1v) is 8.90.